The molecule has 0 aromatic heterocycles. The third-order valence-electron chi connectivity index (χ3n) is 9.21. The molecule has 2 aromatic carbocycles. The van der Waals surface area contributed by atoms with Crippen molar-refractivity contribution in [2.75, 3.05) is 6.61 Å². The topological polar surface area (TPSA) is 85.6 Å². The lowest BCUT2D eigenvalue weighted by Crippen LogP contribution is -2.29. The van der Waals surface area contributed by atoms with Crippen LogP contribution in [-0.2, 0) is 16.0 Å². The van der Waals surface area contributed by atoms with Crippen molar-refractivity contribution >= 4 is 11.9 Å². The fraction of sp³-hybridized carbons (Fsp3) is 0.625. The zero-order valence-electron chi connectivity index (χ0n) is 28.8. The molecule has 0 radical (unpaired) electrons. The Balaban J connectivity index is 1.34. The van der Waals surface area contributed by atoms with Gasteiger partial charge in [-0.05, 0) is 93.2 Å². The van der Waals surface area contributed by atoms with Gasteiger partial charge in [-0.3, -0.25) is 0 Å². The molecule has 1 atom stereocenters. The summed E-state index contributed by atoms with van der Waals surface area (Å²) in [5, 5.41) is 9.64. The van der Waals surface area contributed by atoms with Crippen molar-refractivity contribution in [1.82, 2.24) is 0 Å². The predicted molar refractivity (Wildman–Crippen MR) is 184 cm³/mol. The van der Waals surface area contributed by atoms with Crippen LogP contribution in [0.2, 0.25) is 0 Å². The molecule has 7 heteroatoms. The van der Waals surface area contributed by atoms with Crippen molar-refractivity contribution in [3.8, 4) is 17.6 Å². The van der Waals surface area contributed by atoms with Gasteiger partial charge in [0.15, 0.2) is 6.17 Å². The van der Waals surface area contributed by atoms with Crippen LogP contribution >= 0.6 is 0 Å². The Bertz CT molecular complexity index is 1230. The van der Waals surface area contributed by atoms with E-state index in [1.807, 2.05) is 19.1 Å². The molecule has 1 aliphatic rings. The first kappa shape index (κ1) is 38.1. The van der Waals surface area contributed by atoms with E-state index in [4.69, 9.17) is 14.2 Å². The van der Waals surface area contributed by atoms with E-state index in [0.29, 0.717) is 41.6 Å². The van der Waals surface area contributed by atoms with Crippen molar-refractivity contribution < 1.29 is 28.2 Å². The number of hydrogen-bond acceptors (Lipinski definition) is 6. The molecule has 1 fully saturated rings. The molecule has 1 aliphatic carbocycles. The van der Waals surface area contributed by atoms with Crippen molar-refractivity contribution in [2.45, 2.75) is 148 Å². The average Bonchev–Trinajstić information content (AvgIpc) is 3.09. The third kappa shape index (κ3) is 14.5. The van der Waals surface area contributed by atoms with Gasteiger partial charge in [-0.15, -0.1) is 0 Å². The van der Waals surface area contributed by atoms with Crippen LogP contribution < -0.4 is 9.47 Å². The Morgan fingerprint density at radius 1 is 0.851 bits per heavy atom. The number of halogens is 1. The minimum Gasteiger partial charge on any atom is -0.492 e. The third-order valence-corrected chi connectivity index (χ3v) is 9.21. The highest BCUT2D eigenvalue weighted by atomic mass is 19.1. The van der Waals surface area contributed by atoms with Gasteiger partial charge in [0, 0.05) is 0 Å². The lowest BCUT2D eigenvalue weighted by molar-refractivity contribution is -0.157. The molecule has 0 bridgehead atoms. The Hall–Kier alpha value is -3.40. The number of carbonyl (C=O) groups excluding carboxylic acids is 2. The van der Waals surface area contributed by atoms with Crippen LogP contribution in [0, 0.1) is 17.2 Å². The lowest BCUT2D eigenvalue weighted by Gasteiger charge is -2.28. The zero-order valence-corrected chi connectivity index (χ0v) is 28.8. The summed E-state index contributed by atoms with van der Waals surface area (Å²) in [6, 6.07) is 14.5. The number of carbonyl (C=O) groups is 2. The normalized spacial score (nSPS) is 16.6. The summed E-state index contributed by atoms with van der Waals surface area (Å²) in [7, 11) is 0. The Labute approximate surface area is 282 Å². The number of alkyl halides is 1. The number of aryl methyl sites for hydroxylation is 1. The van der Waals surface area contributed by atoms with Gasteiger partial charge in [0.25, 0.3) is 0 Å². The second kappa shape index (κ2) is 22.2. The predicted octanol–water partition coefficient (Wildman–Crippen LogP) is 10.6. The molecule has 0 amide bonds. The second-order valence-electron chi connectivity index (χ2n) is 13.1. The minimum absolute atomic E-state index is 0.171. The van der Waals surface area contributed by atoms with Crippen LogP contribution in [0.1, 0.15) is 151 Å². The standard InChI is InChI=1S/C40H56FNO5/c1-3-5-7-8-9-10-11-12-13-14-28-45-38-27-22-33(29-34(38)30-42)39(43)46-35-23-18-31(19-24-35)16-17-32-20-25-36(26-21-32)47-40(44)37(41)15-6-4-2/h18-19,22-24,27,29,32,36-37H,3-17,20-21,25-26,28H2,1-2H3/t32-,36-,37-/m1/s1. The van der Waals surface area contributed by atoms with Gasteiger partial charge in [0.1, 0.15) is 23.7 Å². The largest absolute Gasteiger partial charge is 0.492 e. The fourth-order valence-electron chi connectivity index (χ4n) is 6.18. The summed E-state index contributed by atoms with van der Waals surface area (Å²) in [6.07, 6.45) is 18.0. The summed E-state index contributed by atoms with van der Waals surface area (Å²) in [5.41, 5.74) is 1.79. The van der Waals surface area contributed by atoms with Gasteiger partial charge in [-0.1, -0.05) is 96.6 Å². The molecule has 3 rings (SSSR count). The maximum absolute atomic E-state index is 13.9. The number of unbranched alkanes of at least 4 members (excludes halogenated alkanes) is 10. The molecule has 1 saturated carbocycles. The molecule has 0 spiro atoms. The van der Waals surface area contributed by atoms with Crippen LogP contribution in [0.4, 0.5) is 4.39 Å². The molecule has 47 heavy (non-hydrogen) atoms. The summed E-state index contributed by atoms with van der Waals surface area (Å²) in [6.45, 7) is 4.77. The van der Waals surface area contributed by atoms with E-state index in [2.05, 4.69) is 13.0 Å². The first-order chi connectivity index (χ1) is 22.9. The zero-order chi connectivity index (χ0) is 33.7. The fourth-order valence-corrected chi connectivity index (χ4v) is 6.18. The van der Waals surface area contributed by atoms with Crippen molar-refractivity contribution in [3.05, 3.63) is 59.2 Å². The Morgan fingerprint density at radius 2 is 1.49 bits per heavy atom. The van der Waals surface area contributed by atoms with Crippen LogP contribution in [-0.4, -0.2) is 30.8 Å². The summed E-state index contributed by atoms with van der Waals surface area (Å²) >= 11 is 0. The molecule has 6 nitrogen and oxygen atoms in total. The van der Waals surface area contributed by atoms with Crippen LogP contribution in [0.25, 0.3) is 0 Å². The number of ether oxygens (including phenoxy) is 3. The number of rotatable bonds is 22. The van der Waals surface area contributed by atoms with Gasteiger partial charge in [0.2, 0.25) is 0 Å². The molecule has 0 saturated heterocycles. The molecule has 0 heterocycles. The first-order valence-electron chi connectivity index (χ1n) is 18.3. The Morgan fingerprint density at radius 3 is 2.13 bits per heavy atom. The van der Waals surface area contributed by atoms with Gasteiger partial charge < -0.3 is 14.2 Å². The molecule has 2 aromatic rings. The SMILES string of the molecule is CCCCCCCCCCCCOc1ccc(C(=O)Oc2ccc(CC[C@H]3CC[C@H](OC(=O)[C@H](F)CCCC)CC3)cc2)cc1C#N. The van der Waals surface area contributed by atoms with Crippen molar-refractivity contribution in [3.63, 3.8) is 0 Å². The van der Waals surface area contributed by atoms with E-state index in [0.717, 1.165) is 63.4 Å². The monoisotopic (exact) mass is 649 g/mol. The summed E-state index contributed by atoms with van der Waals surface area (Å²) in [5.74, 6) is 0.270. The van der Waals surface area contributed by atoms with Crippen LogP contribution in [0.5, 0.6) is 11.5 Å². The second-order valence-corrected chi connectivity index (χ2v) is 13.1. The number of benzene rings is 2. The highest BCUT2D eigenvalue weighted by Gasteiger charge is 2.27. The molecule has 0 N–H and O–H groups in total. The maximum Gasteiger partial charge on any atom is 0.343 e. The number of nitriles is 1. The van der Waals surface area contributed by atoms with Gasteiger partial charge >= 0.3 is 11.9 Å². The van der Waals surface area contributed by atoms with E-state index in [1.54, 1.807) is 24.3 Å². The van der Waals surface area contributed by atoms with E-state index < -0.39 is 18.1 Å². The summed E-state index contributed by atoms with van der Waals surface area (Å²) < 4.78 is 30.8. The number of esters is 2. The molecule has 0 aliphatic heterocycles. The highest BCUT2D eigenvalue weighted by molar-refractivity contribution is 5.91. The number of hydrogen-bond donors (Lipinski definition) is 0. The number of nitrogens with zero attached hydrogens (tertiary/aromatic N) is 1. The molecular formula is C40H56FNO5. The van der Waals surface area contributed by atoms with E-state index >= 15 is 0 Å². The van der Waals surface area contributed by atoms with E-state index in [9.17, 15) is 19.2 Å². The molecular weight excluding hydrogens is 593 g/mol. The maximum atomic E-state index is 13.9. The molecule has 258 valence electrons. The van der Waals surface area contributed by atoms with Gasteiger partial charge in [0.05, 0.1) is 17.7 Å². The van der Waals surface area contributed by atoms with Gasteiger partial charge in [-0.25, -0.2) is 14.0 Å². The quantitative estimate of drug-likeness (QED) is 0.0717. The highest BCUT2D eigenvalue weighted by Crippen LogP contribution is 2.30. The minimum atomic E-state index is -1.51. The summed E-state index contributed by atoms with van der Waals surface area (Å²) in [4.78, 5) is 24.8. The Kier molecular flexibility index (Phi) is 18.0. The van der Waals surface area contributed by atoms with Crippen molar-refractivity contribution in [2.24, 2.45) is 5.92 Å². The van der Waals surface area contributed by atoms with E-state index in [-0.39, 0.29) is 12.5 Å². The van der Waals surface area contributed by atoms with Gasteiger partial charge in [-0.2, -0.15) is 5.26 Å². The van der Waals surface area contributed by atoms with E-state index in [1.165, 1.54) is 57.4 Å². The average molecular weight is 650 g/mol. The van der Waals surface area contributed by atoms with Crippen molar-refractivity contribution in [1.29, 1.82) is 5.26 Å². The van der Waals surface area contributed by atoms with Crippen LogP contribution in [0.3, 0.4) is 0 Å². The first-order valence-corrected chi connectivity index (χ1v) is 18.3. The smallest absolute Gasteiger partial charge is 0.343 e. The lowest BCUT2D eigenvalue weighted by atomic mass is 9.83. The molecule has 0 unspecified atom stereocenters. The van der Waals surface area contributed by atoms with Crippen LogP contribution in [0.15, 0.2) is 42.5 Å².